The van der Waals surface area contributed by atoms with Crippen LogP contribution in [0.2, 0.25) is 0 Å². The van der Waals surface area contributed by atoms with Crippen LogP contribution in [0.25, 0.3) is 0 Å². The van der Waals surface area contributed by atoms with Gasteiger partial charge in [-0.1, -0.05) is 65.7 Å². The van der Waals surface area contributed by atoms with Gasteiger partial charge in [0.25, 0.3) is 0 Å². The molecule has 0 aromatic heterocycles. The highest BCUT2D eigenvalue weighted by Crippen LogP contribution is 2.38. The van der Waals surface area contributed by atoms with E-state index in [1.807, 2.05) is 0 Å². The topological polar surface area (TPSA) is 12.0 Å². The molecule has 1 rings (SSSR count). The lowest BCUT2D eigenvalue weighted by molar-refractivity contribution is 0.160. The maximum absolute atomic E-state index is 3.58. The number of rotatable bonds is 9. The second-order valence-corrected chi connectivity index (χ2v) is 6.26. The van der Waals surface area contributed by atoms with Crippen molar-refractivity contribution in [1.82, 2.24) is 5.32 Å². The van der Waals surface area contributed by atoms with Gasteiger partial charge in [0.2, 0.25) is 0 Å². The van der Waals surface area contributed by atoms with Crippen LogP contribution in [0, 0.1) is 17.8 Å². The Bertz CT molecular complexity index is 190. The van der Waals surface area contributed by atoms with E-state index in [0.717, 1.165) is 24.3 Å². The summed E-state index contributed by atoms with van der Waals surface area (Å²) < 4.78 is 0. The summed E-state index contributed by atoms with van der Waals surface area (Å²) in [4.78, 5) is 0. The number of unbranched alkanes of at least 4 members (excludes halogenated alkanes) is 3. The van der Waals surface area contributed by atoms with Crippen molar-refractivity contribution in [2.24, 2.45) is 17.8 Å². The normalized spacial score (nSPS) is 28.5. The SMILES string of the molecule is CCCCCCC1CC(CC)CCC1CNCC. The summed E-state index contributed by atoms with van der Waals surface area (Å²) in [7, 11) is 0. The van der Waals surface area contributed by atoms with Gasteiger partial charge in [-0.05, 0) is 43.7 Å². The molecule has 1 fully saturated rings. The lowest BCUT2D eigenvalue weighted by Gasteiger charge is -2.36. The summed E-state index contributed by atoms with van der Waals surface area (Å²) in [5.41, 5.74) is 0. The van der Waals surface area contributed by atoms with Crippen LogP contribution in [0.1, 0.15) is 78.6 Å². The van der Waals surface area contributed by atoms with E-state index in [-0.39, 0.29) is 0 Å². The molecule has 0 spiro atoms. The molecule has 0 aliphatic heterocycles. The lowest BCUT2D eigenvalue weighted by Crippen LogP contribution is -2.33. The minimum absolute atomic E-state index is 0.967. The first-order valence-electron chi connectivity index (χ1n) is 8.52. The van der Waals surface area contributed by atoms with Crippen LogP contribution in [0.15, 0.2) is 0 Å². The fraction of sp³-hybridized carbons (Fsp3) is 1.00. The number of nitrogens with one attached hydrogen (secondary N) is 1. The van der Waals surface area contributed by atoms with E-state index >= 15 is 0 Å². The number of hydrogen-bond acceptors (Lipinski definition) is 1. The Labute approximate surface area is 115 Å². The molecule has 1 aliphatic carbocycles. The first-order valence-corrected chi connectivity index (χ1v) is 8.52. The average Bonchev–Trinajstić information content (AvgIpc) is 2.42. The zero-order chi connectivity index (χ0) is 13.2. The molecule has 0 heterocycles. The summed E-state index contributed by atoms with van der Waals surface area (Å²) in [5, 5.41) is 3.58. The molecule has 0 radical (unpaired) electrons. The Kier molecular flexibility index (Phi) is 8.75. The highest BCUT2D eigenvalue weighted by Gasteiger charge is 2.28. The Morgan fingerprint density at radius 2 is 1.78 bits per heavy atom. The molecule has 0 aromatic carbocycles. The molecule has 0 amide bonds. The van der Waals surface area contributed by atoms with Crippen molar-refractivity contribution in [2.45, 2.75) is 78.6 Å². The average molecular weight is 253 g/mol. The molecule has 3 unspecified atom stereocenters. The van der Waals surface area contributed by atoms with E-state index in [1.54, 1.807) is 0 Å². The standard InChI is InChI=1S/C17H35N/c1-4-7-8-9-10-16-13-15(5-2)11-12-17(16)14-18-6-3/h15-18H,4-14H2,1-3H3. The van der Waals surface area contributed by atoms with Gasteiger partial charge < -0.3 is 5.32 Å². The van der Waals surface area contributed by atoms with Crippen molar-refractivity contribution in [3.8, 4) is 0 Å². The molecule has 0 aromatic rings. The minimum Gasteiger partial charge on any atom is -0.317 e. The summed E-state index contributed by atoms with van der Waals surface area (Å²) in [6, 6.07) is 0. The second-order valence-electron chi connectivity index (χ2n) is 6.26. The molecule has 3 atom stereocenters. The Balaban J connectivity index is 2.33. The van der Waals surface area contributed by atoms with Gasteiger partial charge in [0, 0.05) is 0 Å². The van der Waals surface area contributed by atoms with Crippen molar-refractivity contribution >= 4 is 0 Å². The van der Waals surface area contributed by atoms with E-state index in [4.69, 9.17) is 0 Å². The molecule has 108 valence electrons. The van der Waals surface area contributed by atoms with Gasteiger partial charge in [-0.3, -0.25) is 0 Å². The Morgan fingerprint density at radius 3 is 2.44 bits per heavy atom. The van der Waals surface area contributed by atoms with E-state index < -0.39 is 0 Å². The van der Waals surface area contributed by atoms with Gasteiger partial charge in [0.1, 0.15) is 0 Å². The van der Waals surface area contributed by atoms with Gasteiger partial charge in [-0.15, -0.1) is 0 Å². The second kappa shape index (κ2) is 9.83. The fourth-order valence-electron chi connectivity index (χ4n) is 3.58. The smallest absolute Gasteiger partial charge is 0.00180 e. The molecule has 0 saturated heterocycles. The molecule has 18 heavy (non-hydrogen) atoms. The summed E-state index contributed by atoms with van der Waals surface area (Å²) >= 11 is 0. The van der Waals surface area contributed by atoms with Gasteiger partial charge in [0.15, 0.2) is 0 Å². The molecule has 1 saturated carbocycles. The molecular formula is C17H35N. The van der Waals surface area contributed by atoms with E-state index in [0.29, 0.717) is 0 Å². The van der Waals surface area contributed by atoms with Gasteiger partial charge in [0.05, 0.1) is 0 Å². The third-order valence-corrected chi connectivity index (χ3v) is 4.91. The Morgan fingerprint density at radius 1 is 0.944 bits per heavy atom. The first-order chi connectivity index (χ1) is 8.81. The van der Waals surface area contributed by atoms with Crippen LogP contribution in [-0.4, -0.2) is 13.1 Å². The number of hydrogen-bond donors (Lipinski definition) is 1. The molecular weight excluding hydrogens is 218 g/mol. The molecule has 0 bridgehead atoms. The van der Waals surface area contributed by atoms with Gasteiger partial charge in [-0.25, -0.2) is 0 Å². The van der Waals surface area contributed by atoms with Crippen molar-refractivity contribution in [3.63, 3.8) is 0 Å². The van der Waals surface area contributed by atoms with Gasteiger partial charge >= 0.3 is 0 Å². The van der Waals surface area contributed by atoms with Crippen molar-refractivity contribution in [2.75, 3.05) is 13.1 Å². The third-order valence-electron chi connectivity index (χ3n) is 4.91. The van der Waals surface area contributed by atoms with E-state index in [1.165, 1.54) is 64.3 Å². The zero-order valence-corrected chi connectivity index (χ0v) is 13.0. The summed E-state index contributed by atoms with van der Waals surface area (Å²) in [6.07, 6.45) is 13.1. The minimum atomic E-state index is 0.967. The maximum Gasteiger partial charge on any atom is -0.00180 e. The maximum atomic E-state index is 3.58. The fourth-order valence-corrected chi connectivity index (χ4v) is 3.58. The predicted octanol–water partition coefficient (Wildman–Crippen LogP) is 5.01. The largest absolute Gasteiger partial charge is 0.317 e. The molecule has 1 N–H and O–H groups in total. The van der Waals surface area contributed by atoms with Crippen LogP contribution >= 0.6 is 0 Å². The van der Waals surface area contributed by atoms with Crippen LogP contribution in [0.3, 0.4) is 0 Å². The van der Waals surface area contributed by atoms with Crippen molar-refractivity contribution in [1.29, 1.82) is 0 Å². The van der Waals surface area contributed by atoms with Crippen LogP contribution < -0.4 is 5.32 Å². The van der Waals surface area contributed by atoms with E-state index in [9.17, 15) is 0 Å². The highest BCUT2D eigenvalue weighted by atomic mass is 14.8. The predicted molar refractivity (Wildman–Crippen MR) is 81.9 cm³/mol. The monoisotopic (exact) mass is 253 g/mol. The molecule has 1 heteroatoms. The summed E-state index contributed by atoms with van der Waals surface area (Å²) in [6.45, 7) is 9.32. The van der Waals surface area contributed by atoms with E-state index in [2.05, 4.69) is 26.1 Å². The molecule has 1 aliphatic rings. The van der Waals surface area contributed by atoms with Crippen LogP contribution in [0.4, 0.5) is 0 Å². The van der Waals surface area contributed by atoms with Gasteiger partial charge in [-0.2, -0.15) is 0 Å². The van der Waals surface area contributed by atoms with Crippen LogP contribution in [-0.2, 0) is 0 Å². The summed E-state index contributed by atoms with van der Waals surface area (Å²) in [5.74, 6) is 3.01. The Hall–Kier alpha value is -0.0400. The van der Waals surface area contributed by atoms with Crippen molar-refractivity contribution in [3.05, 3.63) is 0 Å². The first kappa shape index (κ1) is 16.0. The zero-order valence-electron chi connectivity index (χ0n) is 13.0. The quantitative estimate of drug-likeness (QED) is 0.570. The third kappa shape index (κ3) is 5.73. The lowest BCUT2D eigenvalue weighted by atomic mass is 9.71. The van der Waals surface area contributed by atoms with Crippen LogP contribution in [0.5, 0.6) is 0 Å². The highest BCUT2D eigenvalue weighted by molar-refractivity contribution is 4.81. The van der Waals surface area contributed by atoms with Crippen molar-refractivity contribution < 1.29 is 0 Å². The molecule has 1 nitrogen and oxygen atoms in total.